The summed E-state index contributed by atoms with van der Waals surface area (Å²) in [5.74, 6) is -0.216. The number of carbonyl (C=O) groups excluding carboxylic acids is 1. The third-order valence-electron chi connectivity index (χ3n) is 6.79. The van der Waals surface area contributed by atoms with Crippen molar-refractivity contribution in [2.45, 2.75) is 51.0 Å². The zero-order chi connectivity index (χ0) is 25.9. The molecular weight excluding hydrogens is 516 g/mol. The SMILES string of the molecule is CCc1ccc2nc(N(CCN(CC)CC)C(=O)C3CCCN3S(=O)(=O)c3ccc(Cl)cc3)sc2c1. The number of carbonyl (C=O) groups is 1. The Morgan fingerprint density at radius 1 is 1.11 bits per heavy atom. The number of hydrogen-bond acceptors (Lipinski definition) is 6. The average Bonchev–Trinajstić information content (AvgIpc) is 3.54. The van der Waals surface area contributed by atoms with Crippen molar-refractivity contribution in [3.05, 3.63) is 53.1 Å². The summed E-state index contributed by atoms with van der Waals surface area (Å²) in [6.07, 6.45) is 2.04. The number of anilines is 1. The molecule has 1 saturated heterocycles. The van der Waals surface area contributed by atoms with Gasteiger partial charge in [0.2, 0.25) is 15.9 Å². The maximum atomic E-state index is 14.0. The van der Waals surface area contributed by atoms with Gasteiger partial charge in [-0.2, -0.15) is 4.31 Å². The van der Waals surface area contributed by atoms with Crippen LogP contribution < -0.4 is 4.90 Å². The Bertz CT molecular complexity index is 1310. The summed E-state index contributed by atoms with van der Waals surface area (Å²) < 4.78 is 29.3. The molecule has 1 aliphatic heterocycles. The van der Waals surface area contributed by atoms with Crippen molar-refractivity contribution in [2.75, 3.05) is 37.6 Å². The lowest BCUT2D eigenvalue weighted by molar-refractivity contribution is -0.121. The lowest BCUT2D eigenvalue weighted by atomic mass is 10.2. The number of rotatable bonds is 10. The van der Waals surface area contributed by atoms with Crippen LogP contribution in [0.4, 0.5) is 5.13 Å². The van der Waals surface area contributed by atoms with E-state index in [0.29, 0.717) is 42.6 Å². The molecule has 1 aromatic heterocycles. The molecule has 10 heteroatoms. The molecular formula is C26H33ClN4O3S2. The highest BCUT2D eigenvalue weighted by Crippen LogP contribution is 2.33. The van der Waals surface area contributed by atoms with Crippen molar-refractivity contribution in [1.29, 1.82) is 0 Å². The van der Waals surface area contributed by atoms with E-state index in [4.69, 9.17) is 16.6 Å². The highest BCUT2D eigenvalue weighted by atomic mass is 35.5. The molecule has 1 fully saturated rings. The maximum Gasteiger partial charge on any atom is 0.247 e. The summed E-state index contributed by atoms with van der Waals surface area (Å²) in [6.45, 7) is 9.49. The minimum Gasteiger partial charge on any atom is -0.302 e. The largest absolute Gasteiger partial charge is 0.302 e. The van der Waals surface area contributed by atoms with E-state index in [2.05, 4.69) is 37.8 Å². The Kier molecular flexibility index (Phi) is 8.67. The Morgan fingerprint density at radius 2 is 1.83 bits per heavy atom. The van der Waals surface area contributed by atoms with Gasteiger partial charge in [0, 0.05) is 24.7 Å². The standard InChI is InChI=1S/C26H33ClN4O3S2/c1-4-19-9-14-22-24(18-19)35-26(28-22)30(17-16-29(5-2)6-3)25(32)23-8-7-15-31(23)36(33,34)21-12-10-20(27)11-13-21/h9-14,18,23H,4-8,15-17H2,1-3H3. The van der Waals surface area contributed by atoms with E-state index in [0.717, 1.165) is 29.7 Å². The predicted octanol–water partition coefficient (Wildman–Crippen LogP) is 5.04. The lowest BCUT2D eigenvalue weighted by Gasteiger charge is -2.30. The van der Waals surface area contributed by atoms with E-state index < -0.39 is 16.1 Å². The molecule has 0 radical (unpaired) electrons. The summed E-state index contributed by atoms with van der Waals surface area (Å²) in [6, 6.07) is 11.5. The summed E-state index contributed by atoms with van der Waals surface area (Å²) >= 11 is 7.46. The molecule has 3 aromatic rings. The number of fused-ring (bicyclic) bond motifs is 1. The van der Waals surface area contributed by atoms with E-state index in [9.17, 15) is 13.2 Å². The van der Waals surface area contributed by atoms with Crippen LogP contribution in [0.2, 0.25) is 5.02 Å². The summed E-state index contributed by atoms with van der Waals surface area (Å²) in [7, 11) is -3.84. The van der Waals surface area contributed by atoms with E-state index in [1.54, 1.807) is 17.0 Å². The predicted molar refractivity (Wildman–Crippen MR) is 148 cm³/mol. The van der Waals surface area contributed by atoms with Gasteiger partial charge >= 0.3 is 0 Å². The zero-order valence-corrected chi connectivity index (χ0v) is 23.4. The number of likely N-dealkylation sites (N-methyl/N-ethyl adjacent to an activating group) is 1. The number of benzene rings is 2. The van der Waals surface area contributed by atoms with Gasteiger partial charge in [-0.25, -0.2) is 13.4 Å². The number of aromatic nitrogens is 1. The number of halogens is 1. The fraction of sp³-hybridized carbons (Fsp3) is 0.462. The van der Waals surface area contributed by atoms with Crippen molar-refractivity contribution in [3.63, 3.8) is 0 Å². The number of sulfonamides is 1. The third-order valence-corrected chi connectivity index (χ3v) is 10.0. The maximum absolute atomic E-state index is 14.0. The van der Waals surface area contributed by atoms with Gasteiger partial charge in [0.1, 0.15) is 6.04 Å². The monoisotopic (exact) mass is 548 g/mol. The molecule has 1 amide bonds. The molecule has 0 bridgehead atoms. The molecule has 0 saturated carbocycles. The van der Waals surface area contributed by atoms with Crippen LogP contribution in [-0.4, -0.2) is 67.3 Å². The van der Waals surface area contributed by atoms with Gasteiger partial charge in [-0.05, 0) is 74.3 Å². The summed E-state index contributed by atoms with van der Waals surface area (Å²) in [5.41, 5.74) is 2.07. The van der Waals surface area contributed by atoms with Gasteiger partial charge in [-0.15, -0.1) is 0 Å². The van der Waals surface area contributed by atoms with Crippen LogP contribution in [0, 0.1) is 0 Å². The molecule has 0 aliphatic carbocycles. The third kappa shape index (κ3) is 5.60. The molecule has 0 N–H and O–H groups in total. The smallest absolute Gasteiger partial charge is 0.247 e. The normalized spacial score (nSPS) is 16.8. The van der Waals surface area contributed by atoms with Crippen molar-refractivity contribution < 1.29 is 13.2 Å². The Labute approximate surface area is 222 Å². The van der Waals surface area contributed by atoms with Crippen molar-refractivity contribution in [3.8, 4) is 0 Å². The van der Waals surface area contributed by atoms with Gasteiger partial charge < -0.3 is 4.90 Å². The van der Waals surface area contributed by atoms with Gasteiger partial charge in [0.25, 0.3) is 0 Å². The summed E-state index contributed by atoms with van der Waals surface area (Å²) in [5, 5.41) is 1.08. The first-order chi connectivity index (χ1) is 17.3. The molecule has 0 spiro atoms. The quantitative estimate of drug-likeness (QED) is 0.355. The van der Waals surface area contributed by atoms with E-state index in [-0.39, 0.29) is 10.8 Å². The van der Waals surface area contributed by atoms with Crippen LogP contribution in [-0.2, 0) is 21.2 Å². The number of thiazole rings is 1. The Morgan fingerprint density at radius 3 is 2.50 bits per heavy atom. The fourth-order valence-electron chi connectivity index (χ4n) is 4.57. The number of hydrogen-bond donors (Lipinski definition) is 0. The number of nitrogens with zero attached hydrogens (tertiary/aromatic N) is 4. The first-order valence-electron chi connectivity index (χ1n) is 12.5. The highest BCUT2D eigenvalue weighted by Gasteiger charge is 2.42. The molecule has 1 aliphatic rings. The average molecular weight is 549 g/mol. The molecule has 2 aromatic carbocycles. The van der Waals surface area contributed by atoms with Crippen LogP contribution in [0.5, 0.6) is 0 Å². The second kappa shape index (κ2) is 11.6. The van der Waals surface area contributed by atoms with Crippen LogP contribution in [0.1, 0.15) is 39.2 Å². The lowest BCUT2D eigenvalue weighted by Crippen LogP contribution is -2.49. The van der Waals surface area contributed by atoms with Crippen LogP contribution in [0.25, 0.3) is 10.2 Å². The van der Waals surface area contributed by atoms with Crippen molar-refractivity contribution in [1.82, 2.24) is 14.2 Å². The second-order valence-electron chi connectivity index (χ2n) is 8.90. The highest BCUT2D eigenvalue weighted by molar-refractivity contribution is 7.89. The Balaban J connectivity index is 1.67. The van der Waals surface area contributed by atoms with E-state index in [1.807, 2.05) is 6.07 Å². The van der Waals surface area contributed by atoms with Crippen LogP contribution in [0.15, 0.2) is 47.4 Å². The molecule has 2 heterocycles. The molecule has 1 unspecified atom stereocenters. The topological polar surface area (TPSA) is 73.8 Å². The first kappa shape index (κ1) is 27.0. The van der Waals surface area contributed by atoms with Gasteiger partial charge in [0.15, 0.2) is 5.13 Å². The van der Waals surface area contributed by atoms with Gasteiger partial charge in [-0.3, -0.25) is 9.69 Å². The second-order valence-corrected chi connectivity index (χ2v) is 12.2. The first-order valence-corrected chi connectivity index (χ1v) is 15.1. The minimum absolute atomic E-state index is 0.147. The zero-order valence-electron chi connectivity index (χ0n) is 21.0. The minimum atomic E-state index is -3.84. The van der Waals surface area contributed by atoms with Crippen LogP contribution in [0.3, 0.4) is 0 Å². The Hall–Kier alpha value is -2.04. The van der Waals surface area contributed by atoms with Gasteiger partial charge in [0.05, 0.1) is 15.1 Å². The van der Waals surface area contributed by atoms with Crippen LogP contribution >= 0.6 is 22.9 Å². The number of aryl methyl sites for hydroxylation is 1. The number of amides is 1. The van der Waals surface area contributed by atoms with Crippen molar-refractivity contribution in [2.24, 2.45) is 0 Å². The summed E-state index contributed by atoms with van der Waals surface area (Å²) in [4.78, 5) is 22.9. The molecule has 4 rings (SSSR count). The van der Waals surface area contributed by atoms with Gasteiger partial charge in [-0.1, -0.05) is 49.8 Å². The molecule has 1 atom stereocenters. The fourth-order valence-corrected chi connectivity index (χ4v) is 7.41. The van der Waals surface area contributed by atoms with E-state index >= 15 is 0 Å². The molecule has 7 nitrogen and oxygen atoms in total. The van der Waals surface area contributed by atoms with Crippen molar-refractivity contribution >= 4 is 54.2 Å². The molecule has 194 valence electrons. The van der Waals surface area contributed by atoms with E-state index in [1.165, 1.54) is 33.3 Å². The molecule has 36 heavy (non-hydrogen) atoms.